The van der Waals surface area contributed by atoms with Crippen LogP contribution in [0.2, 0.25) is 10.0 Å². The highest BCUT2D eigenvalue weighted by molar-refractivity contribution is 6.31. The van der Waals surface area contributed by atoms with Crippen LogP contribution in [0.25, 0.3) is 0 Å². The van der Waals surface area contributed by atoms with Crippen LogP contribution in [0.3, 0.4) is 0 Å². The molecule has 0 aliphatic heterocycles. The van der Waals surface area contributed by atoms with Gasteiger partial charge < -0.3 is 14.6 Å². The molecular formula is C19H15Cl2F2N3O2. The Kier molecular flexibility index (Phi) is 5.86. The average Bonchev–Trinajstić information content (AvgIpc) is 2.64. The lowest BCUT2D eigenvalue weighted by molar-refractivity contribution is 0.402. The van der Waals surface area contributed by atoms with Gasteiger partial charge in [0.15, 0.2) is 0 Å². The van der Waals surface area contributed by atoms with Gasteiger partial charge in [-0.15, -0.1) is 0 Å². The number of nitrogens with one attached hydrogen (secondary N) is 1. The van der Waals surface area contributed by atoms with Crippen molar-refractivity contribution < 1.29 is 13.5 Å². The fraction of sp³-hybridized carbons (Fsp3) is 0.158. The van der Waals surface area contributed by atoms with E-state index in [-0.39, 0.29) is 28.3 Å². The van der Waals surface area contributed by atoms with Gasteiger partial charge in [-0.3, -0.25) is 4.79 Å². The number of aryl methyl sites for hydroxylation is 1. The molecule has 0 atom stereocenters. The van der Waals surface area contributed by atoms with Crippen molar-refractivity contribution in [1.82, 2.24) is 9.55 Å². The number of aromatic nitrogens is 2. The van der Waals surface area contributed by atoms with E-state index in [1.165, 1.54) is 37.6 Å². The van der Waals surface area contributed by atoms with Crippen molar-refractivity contribution in [2.75, 3.05) is 12.4 Å². The van der Waals surface area contributed by atoms with Crippen molar-refractivity contribution in [1.29, 1.82) is 0 Å². The number of nitrogens with zero attached hydrogens (tertiary/aromatic N) is 2. The zero-order valence-corrected chi connectivity index (χ0v) is 16.4. The average molecular weight is 426 g/mol. The monoisotopic (exact) mass is 425 g/mol. The lowest BCUT2D eigenvalue weighted by atomic mass is 10.2. The van der Waals surface area contributed by atoms with Gasteiger partial charge in [0.1, 0.15) is 11.6 Å². The van der Waals surface area contributed by atoms with Gasteiger partial charge in [0, 0.05) is 5.69 Å². The van der Waals surface area contributed by atoms with E-state index in [2.05, 4.69) is 10.3 Å². The zero-order valence-electron chi connectivity index (χ0n) is 14.9. The fourth-order valence-electron chi connectivity index (χ4n) is 2.57. The van der Waals surface area contributed by atoms with Crippen molar-refractivity contribution >= 4 is 34.8 Å². The minimum atomic E-state index is -0.579. The van der Waals surface area contributed by atoms with Crippen LogP contribution in [-0.2, 0) is 6.54 Å². The minimum absolute atomic E-state index is 0.0193. The summed E-state index contributed by atoms with van der Waals surface area (Å²) in [5.74, 6) is -0.869. The van der Waals surface area contributed by atoms with E-state index in [1.807, 2.05) is 0 Å². The molecule has 0 aliphatic rings. The standard InChI is InChI=1S/C19H15Cl2F2N3O2/c1-10-5-15(23)13(21)7-16(10)24-19-25-18(27)17(28-2)9-26(19)8-11-3-4-14(22)12(20)6-11/h3-7,9H,8H2,1-2H3,(H,24,25,27). The third-order valence-corrected chi connectivity index (χ3v) is 4.61. The molecule has 0 amide bonds. The molecule has 5 nitrogen and oxygen atoms in total. The molecule has 0 saturated heterocycles. The third-order valence-electron chi connectivity index (χ3n) is 4.03. The summed E-state index contributed by atoms with van der Waals surface area (Å²) in [5, 5.41) is 2.90. The highest BCUT2D eigenvalue weighted by Crippen LogP contribution is 2.27. The maximum Gasteiger partial charge on any atom is 0.316 e. The molecule has 0 unspecified atom stereocenters. The number of hydrogen-bond acceptors (Lipinski definition) is 4. The summed E-state index contributed by atoms with van der Waals surface area (Å²) < 4.78 is 33.7. The largest absolute Gasteiger partial charge is 0.490 e. The predicted molar refractivity (Wildman–Crippen MR) is 105 cm³/mol. The highest BCUT2D eigenvalue weighted by atomic mass is 35.5. The summed E-state index contributed by atoms with van der Waals surface area (Å²) >= 11 is 11.7. The molecule has 0 spiro atoms. The number of benzene rings is 2. The topological polar surface area (TPSA) is 56.1 Å². The van der Waals surface area contributed by atoms with Crippen molar-refractivity contribution in [2.45, 2.75) is 13.5 Å². The summed E-state index contributed by atoms with van der Waals surface area (Å²) in [6.07, 6.45) is 1.47. The minimum Gasteiger partial charge on any atom is -0.490 e. The second-order valence-electron chi connectivity index (χ2n) is 6.02. The quantitative estimate of drug-likeness (QED) is 0.628. The number of ether oxygens (including phenoxy) is 1. The smallest absolute Gasteiger partial charge is 0.316 e. The summed E-state index contributed by atoms with van der Waals surface area (Å²) in [6.45, 7) is 1.91. The first-order chi connectivity index (χ1) is 13.3. The first-order valence-electron chi connectivity index (χ1n) is 8.10. The molecule has 0 saturated carbocycles. The van der Waals surface area contributed by atoms with Crippen LogP contribution in [0.15, 0.2) is 41.3 Å². The normalized spacial score (nSPS) is 10.8. The van der Waals surface area contributed by atoms with E-state index in [0.717, 1.165) is 0 Å². The van der Waals surface area contributed by atoms with Crippen molar-refractivity contribution in [3.8, 4) is 5.75 Å². The maximum absolute atomic E-state index is 13.6. The first-order valence-corrected chi connectivity index (χ1v) is 8.86. The van der Waals surface area contributed by atoms with E-state index < -0.39 is 17.2 Å². The van der Waals surface area contributed by atoms with Crippen molar-refractivity contribution in [3.05, 3.63) is 79.7 Å². The van der Waals surface area contributed by atoms with Crippen LogP contribution in [-0.4, -0.2) is 16.7 Å². The summed E-state index contributed by atoms with van der Waals surface area (Å²) in [4.78, 5) is 16.1. The Morgan fingerprint density at radius 2 is 1.86 bits per heavy atom. The van der Waals surface area contributed by atoms with E-state index in [9.17, 15) is 13.6 Å². The Labute approximate surface area is 169 Å². The van der Waals surface area contributed by atoms with E-state index in [1.54, 1.807) is 17.6 Å². The fourth-order valence-corrected chi connectivity index (χ4v) is 2.94. The number of anilines is 2. The number of methoxy groups -OCH3 is 1. The molecule has 2 aromatic carbocycles. The van der Waals surface area contributed by atoms with E-state index in [0.29, 0.717) is 16.8 Å². The lowest BCUT2D eigenvalue weighted by Crippen LogP contribution is -2.19. The van der Waals surface area contributed by atoms with Crippen molar-refractivity contribution in [3.63, 3.8) is 0 Å². The first kappa shape index (κ1) is 20.1. The van der Waals surface area contributed by atoms with Crippen LogP contribution in [0.1, 0.15) is 11.1 Å². The summed E-state index contributed by atoms with van der Waals surface area (Å²) in [5.41, 5.74) is 1.15. The second-order valence-corrected chi connectivity index (χ2v) is 6.84. The molecule has 0 bridgehead atoms. The SMILES string of the molecule is COc1cn(Cc2ccc(F)c(Cl)c2)c(Nc2cc(Cl)c(F)cc2C)nc1=O. The Balaban J connectivity index is 2.04. The number of hydrogen-bond donors (Lipinski definition) is 1. The predicted octanol–water partition coefficient (Wildman–Crippen LogP) is 4.94. The third kappa shape index (κ3) is 4.26. The zero-order chi connectivity index (χ0) is 20.4. The molecular weight excluding hydrogens is 411 g/mol. The molecule has 1 aromatic heterocycles. The van der Waals surface area contributed by atoms with Crippen LogP contribution in [0.5, 0.6) is 5.75 Å². The van der Waals surface area contributed by atoms with Crippen LogP contribution in [0, 0.1) is 18.6 Å². The van der Waals surface area contributed by atoms with Crippen LogP contribution < -0.4 is 15.6 Å². The Hall–Kier alpha value is -2.64. The molecule has 0 radical (unpaired) electrons. The van der Waals surface area contributed by atoms with Crippen LogP contribution >= 0.6 is 23.2 Å². The van der Waals surface area contributed by atoms with E-state index >= 15 is 0 Å². The number of halogens is 4. The van der Waals surface area contributed by atoms with Gasteiger partial charge in [-0.2, -0.15) is 4.98 Å². The van der Waals surface area contributed by atoms with Gasteiger partial charge in [0.25, 0.3) is 0 Å². The highest BCUT2D eigenvalue weighted by Gasteiger charge is 2.13. The van der Waals surface area contributed by atoms with Gasteiger partial charge >= 0.3 is 5.56 Å². The van der Waals surface area contributed by atoms with Gasteiger partial charge in [-0.25, -0.2) is 8.78 Å². The maximum atomic E-state index is 13.6. The summed E-state index contributed by atoms with van der Waals surface area (Å²) in [7, 11) is 1.36. The van der Waals surface area contributed by atoms with Gasteiger partial charge in [0.2, 0.25) is 11.7 Å². The summed E-state index contributed by atoms with van der Waals surface area (Å²) in [6, 6.07) is 6.97. The Morgan fingerprint density at radius 1 is 1.14 bits per heavy atom. The molecule has 3 aromatic rings. The molecule has 1 N–H and O–H groups in total. The molecule has 9 heteroatoms. The molecule has 146 valence electrons. The Bertz CT molecular complexity index is 1100. The molecule has 0 fully saturated rings. The molecule has 3 rings (SSSR count). The van der Waals surface area contributed by atoms with Gasteiger partial charge in [-0.05, 0) is 42.3 Å². The lowest BCUT2D eigenvalue weighted by Gasteiger charge is -2.17. The second kappa shape index (κ2) is 8.16. The molecule has 0 aliphatic carbocycles. The van der Waals surface area contributed by atoms with Gasteiger partial charge in [0.05, 0.1) is 29.9 Å². The van der Waals surface area contributed by atoms with E-state index in [4.69, 9.17) is 27.9 Å². The Morgan fingerprint density at radius 3 is 2.54 bits per heavy atom. The molecule has 28 heavy (non-hydrogen) atoms. The van der Waals surface area contributed by atoms with Gasteiger partial charge in [-0.1, -0.05) is 29.3 Å². The van der Waals surface area contributed by atoms with Crippen LogP contribution in [0.4, 0.5) is 20.4 Å². The number of rotatable bonds is 5. The molecule has 1 heterocycles. The van der Waals surface area contributed by atoms with Crippen molar-refractivity contribution in [2.24, 2.45) is 0 Å².